The van der Waals surface area contributed by atoms with Crippen LogP contribution in [0.5, 0.6) is 0 Å². The van der Waals surface area contributed by atoms with Gasteiger partial charge in [0.05, 0.1) is 4.88 Å². The number of amides is 1. The van der Waals surface area contributed by atoms with Gasteiger partial charge < -0.3 is 14.7 Å². The summed E-state index contributed by atoms with van der Waals surface area (Å²) >= 11 is 1.55. The molecular weight excluding hydrogens is 336 g/mol. The third kappa shape index (κ3) is 4.98. The lowest BCUT2D eigenvalue weighted by Gasteiger charge is -2.11. The van der Waals surface area contributed by atoms with E-state index in [1.165, 1.54) is 0 Å². The Morgan fingerprint density at radius 1 is 1.28 bits per heavy atom. The molecule has 0 radical (unpaired) electrons. The molecule has 1 N–H and O–H groups in total. The van der Waals surface area contributed by atoms with Gasteiger partial charge in [-0.15, -0.1) is 11.3 Å². The molecule has 1 aromatic carbocycles. The first kappa shape index (κ1) is 17.3. The van der Waals surface area contributed by atoms with Crippen LogP contribution in [-0.4, -0.2) is 35.0 Å². The highest BCUT2D eigenvalue weighted by molar-refractivity contribution is 7.13. The van der Waals surface area contributed by atoms with E-state index in [1.807, 2.05) is 55.9 Å². The van der Waals surface area contributed by atoms with Crippen LogP contribution >= 0.6 is 11.3 Å². The van der Waals surface area contributed by atoms with Gasteiger partial charge in [0.1, 0.15) is 0 Å². The van der Waals surface area contributed by atoms with Crippen molar-refractivity contribution in [3.05, 3.63) is 53.2 Å². The molecule has 0 aliphatic rings. The van der Waals surface area contributed by atoms with E-state index in [4.69, 9.17) is 4.52 Å². The molecule has 3 rings (SSSR count). The lowest BCUT2D eigenvalue weighted by atomic mass is 10.2. The fraction of sp³-hybridized carbons (Fsp3) is 0.278. The number of nitrogens with zero attached hydrogens (tertiary/aromatic N) is 3. The van der Waals surface area contributed by atoms with E-state index in [0.717, 1.165) is 22.7 Å². The largest absolute Gasteiger partial charge is 0.339 e. The molecule has 0 bridgehead atoms. The smallest absolute Gasteiger partial charge is 0.227 e. The van der Waals surface area contributed by atoms with Gasteiger partial charge in [-0.2, -0.15) is 4.98 Å². The van der Waals surface area contributed by atoms with Gasteiger partial charge in [0, 0.05) is 25.1 Å². The van der Waals surface area contributed by atoms with Crippen molar-refractivity contribution in [1.82, 2.24) is 15.0 Å². The van der Waals surface area contributed by atoms with E-state index in [0.29, 0.717) is 24.6 Å². The number of carbonyl (C=O) groups is 1. The van der Waals surface area contributed by atoms with Crippen LogP contribution in [0.3, 0.4) is 0 Å². The van der Waals surface area contributed by atoms with Crippen LogP contribution in [0.1, 0.15) is 17.9 Å². The highest BCUT2D eigenvalue weighted by atomic mass is 32.1. The third-order valence-corrected chi connectivity index (χ3v) is 4.35. The molecule has 0 saturated carbocycles. The summed E-state index contributed by atoms with van der Waals surface area (Å²) in [5.74, 6) is 0.972. The minimum Gasteiger partial charge on any atom is -0.339 e. The van der Waals surface area contributed by atoms with Gasteiger partial charge in [-0.1, -0.05) is 23.4 Å². The summed E-state index contributed by atoms with van der Waals surface area (Å²) in [4.78, 5) is 19.5. The van der Waals surface area contributed by atoms with Crippen molar-refractivity contribution in [3.63, 3.8) is 0 Å². The number of nitrogens with one attached hydrogen (secondary N) is 1. The van der Waals surface area contributed by atoms with Crippen molar-refractivity contribution < 1.29 is 9.32 Å². The molecule has 0 atom stereocenters. The normalized spacial score (nSPS) is 11.0. The number of hydrogen-bond acceptors (Lipinski definition) is 6. The lowest BCUT2D eigenvalue weighted by molar-refractivity contribution is -0.116. The average molecular weight is 356 g/mol. The lowest BCUT2D eigenvalue weighted by Crippen LogP contribution is -2.14. The Balaban J connectivity index is 1.53. The van der Waals surface area contributed by atoms with Gasteiger partial charge >= 0.3 is 0 Å². The zero-order valence-corrected chi connectivity index (χ0v) is 15.0. The third-order valence-electron chi connectivity index (χ3n) is 3.49. The Kier molecular flexibility index (Phi) is 5.57. The molecule has 0 unspecified atom stereocenters. The molecule has 1 amide bonds. The SMILES string of the molecule is CN(C)Cc1cccc(NC(=O)CCc2nc(-c3cccs3)no2)c1. The van der Waals surface area contributed by atoms with Gasteiger partial charge in [-0.3, -0.25) is 4.79 Å². The molecule has 0 fully saturated rings. The Labute approximate surface area is 150 Å². The first-order valence-corrected chi connectivity index (χ1v) is 8.88. The zero-order chi connectivity index (χ0) is 17.6. The van der Waals surface area contributed by atoms with Gasteiger partial charge in [-0.05, 0) is 43.2 Å². The summed E-state index contributed by atoms with van der Waals surface area (Å²) in [5, 5.41) is 8.82. The van der Waals surface area contributed by atoms with Crippen LogP contribution in [0.25, 0.3) is 10.7 Å². The van der Waals surface area contributed by atoms with Gasteiger partial charge in [0.2, 0.25) is 17.6 Å². The summed E-state index contributed by atoms with van der Waals surface area (Å²) in [6, 6.07) is 11.7. The van der Waals surface area contributed by atoms with Crippen molar-refractivity contribution in [2.75, 3.05) is 19.4 Å². The molecule has 0 aliphatic heterocycles. The number of thiophene rings is 1. The second-order valence-corrected chi connectivity index (χ2v) is 6.92. The van der Waals surface area contributed by atoms with Gasteiger partial charge in [0.25, 0.3) is 0 Å². The Hall–Kier alpha value is -2.51. The van der Waals surface area contributed by atoms with Gasteiger partial charge in [-0.25, -0.2) is 0 Å². The number of carbonyl (C=O) groups excluding carboxylic acids is 1. The van der Waals surface area contributed by atoms with E-state index in [1.54, 1.807) is 11.3 Å². The number of aromatic nitrogens is 2. The van der Waals surface area contributed by atoms with Crippen LogP contribution in [-0.2, 0) is 17.8 Å². The molecule has 0 saturated heterocycles. The first-order chi connectivity index (χ1) is 12.1. The number of hydrogen-bond donors (Lipinski definition) is 1. The molecule has 0 spiro atoms. The average Bonchev–Trinajstić information content (AvgIpc) is 3.24. The minimum atomic E-state index is -0.0714. The molecule has 2 aromatic heterocycles. The zero-order valence-electron chi connectivity index (χ0n) is 14.2. The predicted octanol–water partition coefficient (Wildman–Crippen LogP) is 3.43. The van der Waals surface area contributed by atoms with E-state index in [2.05, 4.69) is 20.4 Å². The summed E-state index contributed by atoms with van der Waals surface area (Å²) in [6.07, 6.45) is 0.714. The number of anilines is 1. The second kappa shape index (κ2) is 8.04. The molecule has 6 nitrogen and oxygen atoms in total. The molecule has 3 aromatic rings. The molecule has 25 heavy (non-hydrogen) atoms. The van der Waals surface area contributed by atoms with Crippen LogP contribution in [0.15, 0.2) is 46.3 Å². The van der Waals surface area contributed by atoms with Crippen molar-refractivity contribution in [1.29, 1.82) is 0 Å². The van der Waals surface area contributed by atoms with Crippen LogP contribution < -0.4 is 5.32 Å². The summed E-state index contributed by atoms with van der Waals surface area (Å²) < 4.78 is 5.21. The molecule has 130 valence electrons. The van der Waals surface area contributed by atoms with Crippen molar-refractivity contribution in [3.8, 4) is 10.7 Å². The number of aryl methyl sites for hydroxylation is 1. The quantitative estimate of drug-likeness (QED) is 0.702. The van der Waals surface area contributed by atoms with E-state index < -0.39 is 0 Å². The Bertz CT molecular complexity index is 827. The molecule has 2 heterocycles. The number of benzene rings is 1. The van der Waals surface area contributed by atoms with Crippen molar-refractivity contribution in [2.24, 2.45) is 0 Å². The predicted molar refractivity (Wildman–Crippen MR) is 98.4 cm³/mol. The van der Waals surface area contributed by atoms with E-state index in [-0.39, 0.29) is 5.91 Å². The van der Waals surface area contributed by atoms with Crippen LogP contribution in [0.4, 0.5) is 5.69 Å². The van der Waals surface area contributed by atoms with Crippen LogP contribution in [0.2, 0.25) is 0 Å². The maximum Gasteiger partial charge on any atom is 0.227 e. The fourth-order valence-electron chi connectivity index (χ4n) is 2.42. The molecular formula is C18H20N4O2S. The highest BCUT2D eigenvalue weighted by Gasteiger charge is 2.11. The first-order valence-electron chi connectivity index (χ1n) is 8.00. The second-order valence-electron chi connectivity index (χ2n) is 5.98. The highest BCUT2D eigenvalue weighted by Crippen LogP contribution is 2.21. The maximum absolute atomic E-state index is 12.1. The van der Waals surface area contributed by atoms with Gasteiger partial charge in [0.15, 0.2) is 0 Å². The summed E-state index contributed by atoms with van der Waals surface area (Å²) in [6.45, 7) is 0.831. The Morgan fingerprint density at radius 2 is 2.16 bits per heavy atom. The van der Waals surface area contributed by atoms with Crippen molar-refractivity contribution >= 4 is 22.9 Å². The molecule has 7 heteroatoms. The fourth-order valence-corrected chi connectivity index (χ4v) is 3.07. The Morgan fingerprint density at radius 3 is 2.92 bits per heavy atom. The topological polar surface area (TPSA) is 71.3 Å². The summed E-state index contributed by atoms with van der Waals surface area (Å²) in [5.41, 5.74) is 1.95. The van der Waals surface area contributed by atoms with Crippen LogP contribution in [0, 0.1) is 0 Å². The minimum absolute atomic E-state index is 0.0714. The standard InChI is InChI=1S/C18H20N4O2S/c1-22(2)12-13-5-3-6-14(11-13)19-16(23)8-9-17-20-18(21-24-17)15-7-4-10-25-15/h3-7,10-11H,8-9,12H2,1-2H3,(H,19,23). The van der Waals surface area contributed by atoms with Crippen molar-refractivity contribution in [2.45, 2.75) is 19.4 Å². The molecule has 0 aliphatic carbocycles. The monoisotopic (exact) mass is 356 g/mol. The van der Waals surface area contributed by atoms with E-state index in [9.17, 15) is 4.79 Å². The van der Waals surface area contributed by atoms with E-state index >= 15 is 0 Å². The maximum atomic E-state index is 12.1. The summed E-state index contributed by atoms with van der Waals surface area (Å²) in [7, 11) is 4.03. The number of rotatable bonds is 7.